The number of methoxy groups -OCH3 is 1. The third-order valence-electron chi connectivity index (χ3n) is 3.38. The standard InChI is InChI=1S/C17H19NO7/c1-22-16-5-4-14-10-13(2-3-15(14)12-16)11-17(19)24-8-6-23-7-9-25-18(20)21/h2-5,10,12H,6-9,11H2,1H3. The molecular weight excluding hydrogens is 330 g/mol. The summed E-state index contributed by atoms with van der Waals surface area (Å²) in [6, 6.07) is 11.5. The summed E-state index contributed by atoms with van der Waals surface area (Å²) in [7, 11) is 1.62. The topological polar surface area (TPSA) is 97.1 Å². The quantitative estimate of drug-likeness (QED) is 0.280. The smallest absolute Gasteiger partial charge is 0.310 e. The van der Waals surface area contributed by atoms with Crippen LogP contribution in [0, 0.1) is 10.1 Å². The van der Waals surface area contributed by atoms with Crippen molar-refractivity contribution < 1.29 is 28.9 Å². The Morgan fingerprint density at radius 1 is 1.04 bits per heavy atom. The van der Waals surface area contributed by atoms with Crippen LogP contribution in [0.25, 0.3) is 10.8 Å². The minimum absolute atomic E-state index is 0.0622. The average molecular weight is 349 g/mol. The van der Waals surface area contributed by atoms with Gasteiger partial charge >= 0.3 is 5.97 Å². The van der Waals surface area contributed by atoms with E-state index in [-0.39, 0.29) is 38.8 Å². The number of hydrogen-bond acceptors (Lipinski definition) is 7. The maximum absolute atomic E-state index is 11.8. The third kappa shape index (κ3) is 6.27. The molecule has 2 rings (SSSR count). The van der Waals surface area contributed by atoms with Crippen molar-refractivity contribution in [3.63, 3.8) is 0 Å². The van der Waals surface area contributed by atoms with Gasteiger partial charge in [0.25, 0.3) is 5.09 Å². The molecule has 2 aromatic rings. The first-order valence-corrected chi connectivity index (χ1v) is 7.66. The van der Waals surface area contributed by atoms with E-state index in [1.165, 1.54) is 0 Å². The van der Waals surface area contributed by atoms with Crippen molar-refractivity contribution >= 4 is 16.7 Å². The molecule has 0 radical (unpaired) electrons. The zero-order chi connectivity index (χ0) is 18.1. The summed E-state index contributed by atoms with van der Waals surface area (Å²) in [5.41, 5.74) is 0.850. The molecule has 0 heterocycles. The molecule has 2 aromatic carbocycles. The number of ether oxygens (including phenoxy) is 3. The highest BCUT2D eigenvalue weighted by atomic mass is 17.0. The number of carbonyl (C=O) groups is 1. The molecule has 25 heavy (non-hydrogen) atoms. The van der Waals surface area contributed by atoms with Crippen molar-refractivity contribution in [3.8, 4) is 5.75 Å². The van der Waals surface area contributed by atoms with Gasteiger partial charge in [-0.15, -0.1) is 10.1 Å². The van der Waals surface area contributed by atoms with Gasteiger partial charge in [0, 0.05) is 0 Å². The fraction of sp³-hybridized carbons (Fsp3) is 0.353. The van der Waals surface area contributed by atoms with E-state index in [1.54, 1.807) is 7.11 Å². The van der Waals surface area contributed by atoms with Crippen LogP contribution in [-0.4, -0.2) is 44.6 Å². The van der Waals surface area contributed by atoms with Gasteiger partial charge in [-0.1, -0.05) is 24.3 Å². The van der Waals surface area contributed by atoms with Crippen LogP contribution in [0.3, 0.4) is 0 Å². The lowest BCUT2D eigenvalue weighted by atomic mass is 10.0. The van der Waals surface area contributed by atoms with Crippen LogP contribution in [0.2, 0.25) is 0 Å². The van der Waals surface area contributed by atoms with Crippen molar-refractivity contribution in [1.82, 2.24) is 0 Å². The van der Waals surface area contributed by atoms with Gasteiger partial charge in [-0.05, 0) is 28.5 Å². The SMILES string of the molecule is COc1ccc2cc(CC(=O)OCCOCCO[N+](=O)[O-])ccc2c1. The molecule has 0 atom stereocenters. The maximum Gasteiger partial charge on any atom is 0.310 e. The van der Waals surface area contributed by atoms with Gasteiger partial charge in [0.1, 0.15) is 19.0 Å². The number of benzene rings is 2. The number of hydrogen-bond donors (Lipinski definition) is 0. The molecule has 0 saturated carbocycles. The van der Waals surface area contributed by atoms with Crippen molar-refractivity contribution in [2.75, 3.05) is 33.5 Å². The Hall–Kier alpha value is -2.87. The van der Waals surface area contributed by atoms with Gasteiger partial charge < -0.3 is 19.0 Å². The first-order valence-electron chi connectivity index (χ1n) is 7.66. The van der Waals surface area contributed by atoms with Crippen molar-refractivity contribution in [1.29, 1.82) is 0 Å². The minimum Gasteiger partial charge on any atom is -0.497 e. The molecule has 0 aliphatic carbocycles. The second kappa shape index (κ2) is 9.43. The van der Waals surface area contributed by atoms with Crippen molar-refractivity contribution in [2.45, 2.75) is 6.42 Å². The predicted octanol–water partition coefficient (Wildman–Crippen LogP) is 2.16. The molecule has 0 saturated heterocycles. The summed E-state index contributed by atoms with van der Waals surface area (Å²) >= 11 is 0. The number of esters is 1. The van der Waals surface area contributed by atoms with E-state index in [2.05, 4.69) is 4.84 Å². The lowest BCUT2D eigenvalue weighted by molar-refractivity contribution is -0.758. The maximum atomic E-state index is 11.8. The summed E-state index contributed by atoms with van der Waals surface area (Å²) in [5, 5.41) is 11.1. The molecule has 0 N–H and O–H groups in total. The van der Waals surface area contributed by atoms with Gasteiger partial charge in [-0.3, -0.25) is 4.79 Å². The zero-order valence-corrected chi connectivity index (χ0v) is 13.8. The van der Waals surface area contributed by atoms with Gasteiger partial charge in [-0.2, -0.15) is 0 Å². The summed E-state index contributed by atoms with van der Waals surface area (Å²) in [5.74, 6) is 0.418. The van der Waals surface area contributed by atoms with Crippen LogP contribution in [0.15, 0.2) is 36.4 Å². The van der Waals surface area contributed by atoms with Crippen molar-refractivity contribution in [2.24, 2.45) is 0 Å². The number of fused-ring (bicyclic) bond motifs is 1. The first kappa shape index (κ1) is 18.5. The molecule has 0 amide bonds. The second-order valence-electron chi connectivity index (χ2n) is 5.11. The molecule has 0 aliphatic heterocycles. The van der Waals surface area contributed by atoms with E-state index in [0.717, 1.165) is 22.1 Å². The van der Waals surface area contributed by atoms with Crippen LogP contribution in [0.1, 0.15) is 5.56 Å². The van der Waals surface area contributed by atoms with Crippen LogP contribution in [0.5, 0.6) is 5.75 Å². The number of carbonyl (C=O) groups excluding carboxylic acids is 1. The van der Waals surface area contributed by atoms with E-state index in [9.17, 15) is 14.9 Å². The van der Waals surface area contributed by atoms with E-state index >= 15 is 0 Å². The van der Waals surface area contributed by atoms with Crippen LogP contribution >= 0.6 is 0 Å². The summed E-state index contributed by atoms with van der Waals surface area (Å²) in [6.45, 7) is 0.155. The van der Waals surface area contributed by atoms with E-state index < -0.39 is 5.09 Å². The molecule has 0 spiro atoms. The molecule has 0 aliphatic rings. The van der Waals surface area contributed by atoms with Gasteiger partial charge in [-0.25, -0.2) is 0 Å². The van der Waals surface area contributed by atoms with E-state index in [0.29, 0.717) is 0 Å². The Labute approximate surface area is 144 Å². The van der Waals surface area contributed by atoms with Gasteiger partial charge in [0.15, 0.2) is 0 Å². The average Bonchev–Trinajstić information content (AvgIpc) is 2.60. The highest BCUT2D eigenvalue weighted by molar-refractivity contribution is 5.85. The second-order valence-corrected chi connectivity index (χ2v) is 5.11. The molecule has 0 fully saturated rings. The molecule has 8 heteroatoms. The Balaban J connectivity index is 1.73. The normalized spacial score (nSPS) is 10.4. The first-order chi connectivity index (χ1) is 12.1. The lowest BCUT2D eigenvalue weighted by Gasteiger charge is -2.07. The summed E-state index contributed by atoms with van der Waals surface area (Å²) in [4.78, 5) is 25.8. The lowest BCUT2D eigenvalue weighted by Crippen LogP contribution is -2.15. The molecule has 8 nitrogen and oxygen atoms in total. The van der Waals surface area contributed by atoms with E-state index in [4.69, 9.17) is 14.2 Å². The minimum atomic E-state index is -0.886. The van der Waals surface area contributed by atoms with Gasteiger partial charge in [0.05, 0.1) is 26.7 Å². The summed E-state index contributed by atoms with van der Waals surface area (Å²) < 4.78 is 15.3. The fourth-order valence-electron chi connectivity index (χ4n) is 2.22. The van der Waals surface area contributed by atoms with E-state index in [1.807, 2.05) is 36.4 Å². The third-order valence-corrected chi connectivity index (χ3v) is 3.38. The van der Waals surface area contributed by atoms with Gasteiger partial charge in [0.2, 0.25) is 0 Å². The zero-order valence-electron chi connectivity index (χ0n) is 13.8. The molecule has 0 unspecified atom stereocenters. The highest BCUT2D eigenvalue weighted by Gasteiger charge is 2.06. The largest absolute Gasteiger partial charge is 0.497 e. The Bertz CT molecular complexity index is 732. The summed E-state index contributed by atoms with van der Waals surface area (Å²) in [6.07, 6.45) is 0.159. The van der Waals surface area contributed by atoms with Crippen LogP contribution in [-0.2, 0) is 25.5 Å². The predicted molar refractivity (Wildman–Crippen MR) is 88.9 cm³/mol. The molecule has 0 bridgehead atoms. The Morgan fingerprint density at radius 2 is 1.76 bits per heavy atom. The molecular formula is C17H19NO7. The molecule has 0 aromatic heterocycles. The monoisotopic (exact) mass is 349 g/mol. The van der Waals surface area contributed by atoms with Crippen LogP contribution in [0.4, 0.5) is 0 Å². The fourth-order valence-corrected chi connectivity index (χ4v) is 2.22. The number of rotatable bonds is 10. The Kier molecular flexibility index (Phi) is 6.97. The number of nitrogens with zero attached hydrogens (tertiary/aromatic N) is 1. The highest BCUT2D eigenvalue weighted by Crippen LogP contribution is 2.22. The van der Waals surface area contributed by atoms with Crippen LogP contribution < -0.4 is 4.74 Å². The molecule has 134 valence electrons. The Morgan fingerprint density at radius 3 is 2.52 bits per heavy atom. The van der Waals surface area contributed by atoms with Crippen molar-refractivity contribution in [3.05, 3.63) is 52.1 Å².